The van der Waals surface area contributed by atoms with E-state index in [-0.39, 0.29) is 12.0 Å². The van der Waals surface area contributed by atoms with E-state index >= 15 is 0 Å². The summed E-state index contributed by atoms with van der Waals surface area (Å²) in [5.74, 6) is 1.18. The van der Waals surface area contributed by atoms with Gasteiger partial charge >= 0.3 is 5.97 Å². The highest BCUT2D eigenvalue weighted by Gasteiger charge is 2.48. The van der Waals surface area contributed by atoms with Crippen LogP contribution in [0, 0.1) is 0 Å². The van der Waals surface area contributed by atoms with Crippen molar-refractivity contribution in [1.82, 2.24) is 5.32 Å². The summed E-state index contributed by atoms with van der Waals surface area (Å²) in [7, 11) is 1.37. The van der Waals surface area contributed by atoms with Crippen LogP contribution in [0.1, 0.15) is 42.2 Å². The maximum atomic E-state index is 11.9. The summed E-state index contributed by atoms with van der Waals surface area (Å²) >= 11 is 5.67. The zero-order valence-corrected chi connectivity index (χ0v) is 16.8. The van der Waals surface area contributed by atoms with Gasteiger partial charge in [0.2, 0.25) is 0 Å². The molecule has 2 aliphatic heterocycles. The van der Waals surface area contributed by atoms with Crippen LogP contribution in [-0.4, -0.2) is 30.5 Å². The van der Waals surface area contributed by atoms with E-state index in [0.717, 1.165) is 22.7 Å². The van der Waals surface area contributed by atoms with Gasteiger partial charge in [-0.1, -0.05) is 0 Å². The third-order valence-corrected chi connectivity index (χ3v) is 5.40. The number of esters is 1. The fourth-order valence-corrected chi connectivity index (χ4v) is 4.31. The summed E-state index contributed by atoms with van der Waals surface area (Å²) < 4.78 is 16.8. The summed E-state index contributed by atoms with van der Waals surface area (Å²) in [6, 6.07) is 13.1. The minimum Gasteiger partial charge on any atom is -0.494 e. The molecule has 2 aromatic carbocycles. The number of ether oxygens (including phenoxy) is 3. The van der Waals surface area contributed by atoms with Gasteiger partial charge in [-0.3, -0.25) is 4.90 Å². The van der Waals surface area contributed by atoms with Crippen LogP contribution in [0.15, 0.2) is 42.5 Å². The Bertz CT molecular complexity index is 931. The lowest BCUT2D eigenvalue weighted by molar-refractivity contribution is 0.0494. The smallest absolute Gasteiger partial charge is 0.337 e. The van der Waals surface area contributed by atoms with Crippen molar-refractivity contribution >= 4 is 29.0 Å². The van der Waals surface area contributed by atoms with Gasteiger partial charge in [-0.05, 0) is 68.5 Å². The van der Waals surface area contributed by atoms with E-state index in [9.17, 15) is 4.79 Å². The lowest BCUT2D eigenvalue weighted by Gasteiger charge is -2.52. The minimum absolute atomic E-state index is 0.0372. The number of carbonyl (C=O) groups is 1. The van der Waals surface area contributed by atoms with Gasteiger partial charge < -0.3 is 19.5 Å². The number of nitrogens with one attached hydrogen (secondary N) is 1. The lowest BCUT2D eigenvalue weighted by atomic mass is 9.89. The molecule has 1 saturated heterocycles. The quantitative estimate of drug-likeness (QED) is 0.621. The van der Waals surface area contributed by atoms with Crippen LogP contribution in [0.4, 0.5) is 5.69 Å². The molecule has 1 fully saturated rings. The first-order valence-corrected chi connectivity index (χ1v) is 9.61. The van der Waals surface area contributed by atoms with Crippen LogP contribution < -0.4 is 19.7 Å². The molecule has 146 valence electrons. The number of rotatable bonds is 4. The van der Waals surface area contributed by atoms with Gasteiger partial charge in [-0.25, -0.2) is 4.79 Å². The first kappa shape index (κ1) is 18.6. The fourth-order valence-electron chi connectivity index (χ4n) is 3.87. The van der Waals surface area contributed by atoms with Crippen molar-refractivity contribution in [3.8, 4) is 11.5 Å². The third kappa shape index (κ3) is 3.05. The predicted molar refractivity (Wildman–Crippen MR) is 110 cm³/mol. The van der Waals surface area contributed by atoms with Crippen molar-refractivity contribution in [3.05, 3.63) is 53.6 Å². The molecule has 1 N–H and O–H groups in total. The van der Waals surface area contributed by atoms with E-state index in [0.29, 0.717) is 23.7 Å². The van der Waals surface area contributed by atoms with Gasteiger partial charge in [0.25, 0.3) is 0 Å². The first-order chi connectivity index (χ1) is 13.4. The molecule has 0 aliphatic carbocycles. The average Bonchev–Trinajstić information content (AvgIpc) is 2.68. The number of carbonyl (C=O) groups excluding carboxylic acids is 1. The summed E-state index contributed by atoms with van der Waals surface area (Å²) in [4.78, 5) is 13.9. The Kier molecular flexibility index (Phi) is 4.63. The van der Waals surface area contributed by atoms with Crippen molar-refractivity contribution in [2.75, 3.05) is 18.6 Å². The van der Waals surface area contributed by atoms with Crippen molar-refractivity contribution < 1.29 is 19.0 Å². The van der Waals surface area contributed by atoms with E-state index in [2.05, 4.69) is 5.32 Å². The zero-order chi connectivity index (χ0) is 19.9. The molecule has 0 radical (unpaired) electrons. The van der Waals surface area contributed by atoms with Crippen LogP contribution in [0.25, 0.3) is 0 Å². The van der Waals surface area contributed by atoms with E-state index in [1.165, 1.54) is 7.11 Å². The monoisotopic (exact) mass is 398 g/mol. The number of anilines is 1. The number of hydrogen-bond acceptors (Lipinski definition) is 5. The van der Waals surface area contributed by atoms with Crippen LogP contribution in [-0.2, 0) is 4.74 Å². The topological polar surface area (TPSA) is 60.0 Å². The molecule has 2 atom stereocenters. The average molecular weight is 398 g/mol. The highest BCUT2D eigenvalue weighted by Crippen LogP contribution is 2.46. The van der Waals surface area contributed by atoms with Crippen molar-refractivity contribution in [1.29, 1.82) is 0 Å². The van der Waals surface area contributed by atoms with Gasteiger partial charge in [-0.2, -0.15) is 0 Å². The Morgan fingerprint density at radius 1 is 1.32 bits per heavy atom. The fraction of sp³-hybridized carbons (Fsp3) is 0.333. The molecular weight excluding hydrogens is 376 g/mol. The summed E-state index contributed by atoms with van der Waals surface area (Å²) in [6.07, 6.45) is 0.679. The summed E-state index contributed by atoms with van der Waals surface area (Å²) in [5.41, 5.74) is 1.70. The van der Waals surface area contributed by atoms with E-state index in [1.54, 1.807) is 6.07 Å². The molecule has 28 heavy (non-hydrogen) atoms. The maximum Gasteiger partial charge on any atom is 0.337 e. The normalized spacial score (nSPS) is 22.6. The Morgan fingerprint density at radius 3 is 2.75 bits per heavy atom. The third-order valence-electron chi connectivity index (χ3n) is 5.10. The number of thiocarbonyl (C=S) groups is 1. The van der Waals surface area contributed by atoms with Gasteiger partial charge in [0.05, 0.1) is 25.3 Å². The Hall–Kier alpha value is -2.80. The first-order valence-electron chi connectivity index (χ1n) is 9.20. The summed E-state index contributed by atoms with van der Waals surface area (Å²) in [6.45, 7) is 4.61. The van der Waals surface area contributed by atoms with E-state index in [4.69, 9.17) is 26.4 Å². The molecule has 2 bridgehead atoms. The van der Waals surface area contributed by atoms with Crippen LogP contribution in [0.5, 0.6) is 11.5 Å². The van der Waals surface area contributed by atoms with Crippen molar-refractivity contribution in [2.45, 2.75) is 32.0 Å². The molecule has 7 heteroatoms. The SMILES string of the molecule is CCOc1ccc(N2C(=S)N[C@@H]3C[C@@]2(C)Oc2ccc(C(=O)OC)cc23)cc1. The van der Waals surface area contributed by atoms with E-state index < -0.39 is 5.72 Å². The van der Waals surface area contributed by atoms with Gasteiger partial charge in [0.15, 0.2) is 10.8 Å². The summed E-state index contributed by atoms with van der Waals surface area (Å²) in [5, 5.41) is 3.98. The Labute approximate surface area is 169 Å². The highest BCUT2D eigenvalue weighted by atomic mass is 32.1. The van der Waals surface area contributed by atoms with Gasteiger partial charge in [-0.15, -0.1) is 0 Å². The van der Waals surface area contributed by atoms with Crippen molar-refractivity contribution in [2.24, 2.45) is 0 Å². The molecule has 0 unspecified atom stereocenters. The number of nitrogens with zero attached hydrogens (tertiary/aromatic N) is 1. The van der Waals surface area contributed by atoms with Crippen LogP contribution >= 0.6 is 12.2 Å². The number of fused-ring (bicyclic) bond motifs is 4. The second-order valence-corrected chi connectivity index (χ2v) is 7.38. The van der Waals surface area contributed by atoms with Gasteiger partial charge in [0, 0.05) is 17.7 Å². The molecule has 6 nitrogen and oxygen atoms in total. The van der Waals surface area contributed by atoms with Crippen molar-refractivity contribution in [3.63, 3.8) is 0 Å². The van der Waals surface area contributed by atoms with E-state index in [1.807, 2.05) is 55.1 Å². The van der Waals surface area contributed by atoms with Crippen LogP contribution in [0.2, 0.25) is 0 Å². The molecular formula is C21H22N2O4S. The maximum absolute atomic E-state index is 11.9. The number of benzene rings is 2. The molecule has 0 amide bonds. The standard InChI is InChI=1S/C21H22N2O4S/c1-4-26-15-8-6-14(7-9-15)23-20(28)22-17-12-21(23,2)27-18-10-5-13(11-16(17)18)19(24)25-3/h5-11,17H,4,12H2,1-3H3,(H,22,28)/t17-,21-/m1/s1. The predicted octanol–water partition coefficient (Wildman–Crippen LogP) is 3.81. The Morgan fingerprint density at radius 2 is 2.07 bits per heavy atom. The zero-order valence-electron chi connectivity index (χ0n) is 16.0. The second-order valence-electron chi connectivity index (χ2n) is 6.99. The molecule has 0 saturated carbocycles. The molecule has 2 aromatic rings. The molecule has 0 spiro atoms. The Balaban J connectivity index is 1.68. The minimum atomic E-state index is -0.639. The molecule has 2 aliphatic rings. The molecule has 2 heterocycles. The largest absolute Gasteiger partial charge is 0.494 e. The number of methoxy groups -OCH3 is 1. The highest BCUT2D eigenvalue weighted by molar-refractivity contribution is 7.80. The van der Waals surface area contributed by atoms with Gasteiger partial charge in [0.1, 0.15) is 11.5 Å². The second kappa shape index (κ2) is 6.98. The molecule has 4 rings (SSSR count). The lowest BCUT2D eigenvalue weighted by Crippen LogP contribution is -2.65. The van der Waals surface area contributed by atoms with Crippen LogP contribution in [0.3, 0.4) is 0 Å². The number of hydrogen-bond donors (Lipinski definition) is 1. The molecule has 0 aromatic heterocycles.